The van der Waals surface area contributed by atoms with Gasteiger partial charge in [0.05, 0.1) is 18.2 Å². The molecule has 2 rings (SSSR count). The number of piperazine rings is 1. The first-order valence-electron chi connectivity index (χ1n) is 6.10. The number of alkyl halides is 1. The van der Waals surface area contributed by atoms with Gasteiger partial charge in [-0.25, -0.2) is 4.39 Å². The summed E-state index contributed by atoms with van der Waals surface area (Å²) in [5, 5.41) is 3.82. The summed E-state index contributed by atoms with van der Waals surface area (Å²) in [5.74, 6) is 0.600. The summed E-state index contributed by atoms with van der Waals surface area (Å²) in [7, 11) is 1.57. The summed E-state index contributed by atoms with van der Waals surface area (Å²) in [6.45, 7) is 3.13. The van der Waals surface area contributed by atoms with E-state index in [1.165, 1.54) is 0 Å². The predicted octanol–water partition coefficient (Wildman–Crippen LogP) is 3.11. The largest absolute Gasteiger partial charge is 0.495 e. The van der Waals surface area contributed by atoms with Crippen molar-refractivity contribution in [1.29, 1.82) is 0 Å². The molecule has 0 radical (unpaired) electrons. The molecular formula is C13H20Cl3FN2O. The molecule has 0 saturated carbocycles. The summed E-state index contributed by atoms with van der Waals surface area (Å²) in [6, 6.07) is 5.25. The quantitative estimate of drug-likeness (QED) is 0.907. The van der Waals surface area contributed by atoms with Crippen molar-refractivity contribution in [1.82, 2.24) is 10.2 Å². The maximum absolute atomic E-state index is 13.3. The summed E-state index contributed by atoms with van der Waals surface area (Å²) in [5.41, 5.74) is 0.917. The zero-order valence-corrected chi connectivity index (χ0v) is 13.7. The van der Waals surface area contributed by atoms with Crippen molar-refractivity contribution in [3.05, 3.63) is 28.8 Å². The van der Waals surface area contributed by atoms with Crippen LogP contribution in [-0.4, -0.2) is 44.9 Å². The lowest BCUT2D eigenvalue weighted by Gasteiger charge is -2.33. The third-order valence-electron chi connectivity index (χ3n) is 3.30. The van der Waals surface area contributed by atoms with Crippen molar-refractivity contribution in [2.45, 2.75) is 6.04 Å². The van der Waals surface area contributed by atoms with E-state index < -0.39 is 6.67 Å². The van der Waals surface area contributed by atoms with Crippen LogP contribution in [0.25, 0.3) is 0 Å². The van der Waals surface area contributed by atoms with Crippen LogP contribution < -0.4 is 10.1 Å². The molecule has 1 aliphatic heterocycles. The summed E-state index contributed by atoms with van der Waals surface area (Å²) >= 11 is 5.99. The second-order valence-electron chi connectivity index (χ2n) is 4.35. The van der Waals surface area contributed by atoms with Gasteiger partial charge >= 0.3 is 0 Å². The van der Waals surface area contributed by atoms with Crippen LogP contribution in [0.1, 0.15) is 11.6 Å². The SMILES string of the molecule is COc1cc([C@H](CF)N2CCNCC2)ccc1Cl.Cl.Cl. The molecule has 20 heavy (non-hydrogen) atoms. The fourth-order valence-electron chi connectivity index (χ4n) is 2.27. The lowest BCUT2D eigenvalue weighted by atomic mass is 10.1. The molecule has 1 aliphatic rings. The van der Waals surface area contributed by atoms with Gasteiger partial charge in [-0.05, 0) is 17.7 Å². The molecule has 0 spiro atoms. The Morgan fingerprint density at radius 1 is 1.35 bits per heavy atom. The number of nitrogens with zero attached hydrogens (tertiary/aromatic N) is 1. The van der Waals surface area contributed by atoms with Gasteiger partial charge in [0.15, 0.2) is 0 Å². The molecule has 1 aromatic rings. The Hall–Kier alpha value is -0.260. The van der Waals surface area contributed by atoms with Crippen molar-refractivity contribution in [2.75, 3.05) is 40.0 Å². The lowest BCUT2D eigenvalue weighted by molar-refractivity contribution is 0.147. The minimum atomic E-state index is -0.398. The number of rotatable bonds is 4. The third kappa shape index (κ3) is 4.64. The number of methoxy groups -OCH3 is 1. The molecule has 1 atom stereocenters. The van der Waals surface area contributed by atoms with Gasteiger partial charge in [-0.15, -0.1) is 24.8 Å². The van der Waals surface area contributed by atoms with E-state index in [9.17, 15) is 4.39 Å². The summed E-state index contributed by atoms with van der Waals surface area (Å²) in [6.07, 6.45) is 0. The van der Waals surface area contributed by atoms with E-state index in [0.29, 0.717) is 10.8 Å². The van der Waals surface area contributed by atoms with Crippen LogP contribution in [-0.2, 0) is 0 Å². The van der Waals surface area contributed by atoms with Gasteiger partial charge in [-0.2, -0.15) is 0 Å². The smallest absolute Gasteiger partial charge is 0.137 e. The Labute approximate surface area is 136 Å². The molecule has 0 unspecified atom stereocenters. The molecule has 1 saturated heterocycles. The second-order valence-corrected chi connectivity index (χ2v) is 4.76. The first kappa shape index (κ1) is 19.7. The molecule has 1 heterocycles. The zero-order valence-electron chi connectivity index (χ0n) is 11.3. The minimum absolute atomic E-state index is 0. The van der Waals surface area contributed by atoms with Gasteiger partial charge in [0.2, 0.25) is 0 Å². The maximum Gasteiger partial charge on any atom is 0.137 e. The van der Waals surface area contributed by atoms with E-state index in [1.807, 2.05) is 12.1 Å². The Morgan fingerprint density at radius 3 is 2.55 bits per heavy atom. The fourth-order valence-corrected chi connectivity index (χ4v) is 2.47. The monoisotopic (exact) mass is 344 g/mol. The minimum Gasteiger partial charge on any atom is -0.495 e. The van der Waals surface area contributed by atoms with Crippen LogP contribution in [0.3, 0.4) is 0 Å². The van der Waals surface area contributed by atoms with E-state index in [2.05, 4.69) is 10.2 Å². The number of hydrogen-bond donors (Lipinski definition) is 1. The molecule has 0 bridgehead atoms. The number of ether oxygens (including phenoxy) is 1. The maximum atomic E-state index is 13.3. The van der Waals surface area contributed by atoms with Crippen molar-refractivity contribution in [3.8, 4) is 5.75 Å². The van der Waals surface area contributed by atoms with E-state index in [-0.39, 0.29) is 30.9 Å². The fraction of sp³-hybridized carbons (Fsp3) is 0.538. The molecule has 0 amide bonds. The summed E-state index contributed by atoms with van der Waals surface area (Å²) < 4.78 is 18.5. The van der Waals surface area contributed by atoms with Crippen LogP contribution >= 0.6 is 36.4 Å². The molecule has 1 aromatic carbocycles. The number of benzene rings is 1. The molecule has 116 valence electrons. The average Bonchev–Trinajstić information content (AvgIpc) is 2.42. The van der Waals surface area contributed by atoms with Crippen molar-refractivity contribution in [3.63, 3.8) is 0 Å². The highest BCUT2D eigenvalue weighted by Gasteiger charge is 2.22. The highest BCUT2D eigenvalue weighted by atomic mass is 35.5. The highest BCUT2D eigenvalue weighted by molar-refractivity contribution is 6.32. The van der Waals surface area contributed by atoms with E-state index >= 15 is 0 Å². The molecule has 3 nitrogen and oxygen atoms in total. The lowest BCUT2D eigenvalue weighted by Crippen LogP contribution is -2.45. The van der Waals surface area contributed by atoms with Crippen LogP contribution in [0, 0.1) is 0 Å². The second kappa shape index (κ2) is 9.64. The van der Waals surface area contributed by atoms with E-state index in [1.54, 1.807) is 13.2 Å². The van der Waals surface area contributed by atoms with Gasteiger partial charge in [-0.1, -0.05) is 17.7 Å². The van der Waals surface area contributed by atoms with Crippen LogP contribution in [0.4, 0.5) is 4.39 Å². The van der Waals surface area contributed by atoms with Gasteiger partial charge in [0.25, 0.3) is 0 Å². The molecule has 1 fully saturated rings. The van der Waals surface area contributed by atoms with Crippen LogP contribution in [0.2, 0.25) is 5.02 Å². The zero-order chi connectivity index (χ0) is 13.0. The normalized spacial score (nSPS) is 16.8. The Kier molecular flexibility index (Phi) is 9.51. The van der Waals surface area contributed by atoms with Crippen LogP contribution in [0.15, 0.2) is 18.2 Å². The van der Waals surface area contributed by atoms with Gasteiger partial charge in [0.1, 0.15) is 12.4 Å². The molecule has 7 heteroatoms. The third-order valence-corrected chi connectivity index (χ3v) is 3.61. The van der Waals surface area contributed by atoms with E-state index in [4.69, 9.17) is 16.3 Å². The van der Waals surface area contributed by atoms with Gasteiger partial charge in [-0.3, -0.25) is 4.90 Å². The van der Waals surface area contributed by atoms with Crippen molar-refractivity contribution >= 4 is 36.4 Å². The molecular weight excluding hydrogens is 326 g/mol. The average molecular weight is 346 g/mol. The van der Waals surface area contributed by atoms with Crippen molar-refractivity contribution in [2.24, 2.45) is 0 Å². The van der Waals surface area contributed by atoms with E-state index in [0.717, 1.165) is 31.7 Å². The molecule has 1 N–H and O–H groups in total. The first-order chi connectivity index (χ1) is 8.76. The standard InChI is InChI=1S/C13H18ClFN2O.2ClH/c1-18-13-8-10(2-3-11(13)14)12(9-15)17-6-4-16-5-7-17;;/h2-3,8,12,16H,4-7,9H2,1H3;2*1H/t12-;;/m0../s1. The number of halogens is 4. The predicted molar refractivity (Wildman–Crippen MR) is 85.7 cm³/mol. The van der Waals surface area contributed by atoms with Gasteiger partial charge in [0, 0.05) is 26.2 Å². The first-order valence-corrected chi connectivity index (χ1v) is 6.48. The number of nitrogens with one attached hydrogen (secondary N) is 1. The van der Waals surface area contributed by atoms with Crippen molar-refractivity contribution < 1.29 is 9.13 Å². The Bertz CT molecular complexity index is 403. The Balaban J connectivity index is 0.00000180. The topological polar surface area (TPSA) is 24.5 Å². The summed E-state index contributed by atoms with van der Waals surface area (Å²) in [4.78, 5) is 2.15. The van der Waals surface area contributed by atoms with Gasteiger partial charge < -0.3 is 10.1 Å². The highest BCUT2D eigenvalue weighted by Crippen LogP contribution is 2.30. The van der Waals surface area contributed by atoms with Crippen LogP contribution in [0.5, 0.6) is 5.75 Å². The number of hydrogen-bond acceptors (Lipinski definition) is 3. The molecule has 0 aliphatic carbocycles. The Morgan fingerprint density at radius 2 is 2.00 bits per heavy atom. The molecule has 0 aromatic heterocycles.